The van der Waals surface area contributed by atoms with Crippen LogP contribution in [0.15, 0.2) is 85.2 Å². The van der Waals surface area contributed by atoms with E-state index in [0.29, 0.717) is 5.69 Å². The molecule has 0 aliphatic heterocycles. The summed E-state index contributed by atoms with van der Waals surface area (Å²) < 4.78 is 5.29. The molecule has 2 heterocycles. The second kappa shape index (κ2) is 9.15. The lowest BCUT2D eigenvalue weighted by atomic mass is 9.90. The summed E-state index contributed by atoms with van der Waals surface area (Å²) in [5.41, 5.74) is 4.59. The number of anilines is 1. The molecule has 34 heavy (non-hydrogen) atoms. The van der Waals surface area contributed by atoms with Gasteiger partial charge in [-0.3, -0.25) is 9.59 Å². The van der Waals surface area contributed by atoms with Gasteiger partial charge in [0.05, 0.1) is 7.11 Å². The van der Waals surface area contributed by atoms with Crippen molar-refractivity contribution < 1.29 is 14.3 Å². The van der Waals surface area contributed by atoms with E-state index in [1.807, 2.05) is 79.1 Å². The van der Waals surface area contributed by atoms with Crippen molar-refractivity contribution in [2.24, 2.45) is 0 Å². The van der Waals surface area contributed by atoms with Crippen molar-refractivity contribution in [1.29, 1.82) is 0 Å². The predicted molar refractivity (Wildman–Crippen MR) is 133 cm³/mol. The van der Waals surface area contributed by atoms with E-state index >= 15 is 0 Å². The van der Waals surface area contributed by atoms with E-state index in [1.165, 1.54) is 0 Å². The lowest BCUT2D eigenvalue weighted by Gasteiger charge is -2.18. The molecule has 3 aromatic carbocycles. The highest BCUT2D eigenvalue weighted by atomic mass is 16.5. The van der Waals surface area contributed by atoms with Gasteiger partial charge in [0.25, 0.3) is 0 Å². The van der Waals surface area contributed by atoms with Crippen LogP contribution in [0.2, 0.25) is 0 Å². The topological polar surface area (TPSA) is 99.0 Å². The van der Waals surface area contributed by atoms with Crippen LogP contribution in [0.5, 0.6) is 5.75 Å². The first-order valence-electron chi connectivity index (χ1n) is 11.0. The summed E-state index contributed by atoms with van der Waals surface area (Å²) in [4.78, 5) is 31.6. The van der Waals surface area contributed by atoms with Gasteiger partial charge in [0.15, 0.2) is 0 Å². The summed E-state index contributed by atoms with van der Waals surface area (Å²) in [5.74, 6) is -0.797. The molecule has 0 bridgehead atoms. The SMILES string of the molecule is COc1ccc([C@H](CNC(=O)C(=O)Nc2ccc3[nH]ccc3c2)c2c[nH]c3ccccc23)cc1. The normalized spacial score (nSPS) is 11.9. The highest BCUT2D eigenvalue weighted by Gasteiger charge is 2.21. The standard InChI is InChI=1S/C27H24N4O3/c1-34-20-9-6-17(7-10-20)22(23-16-29-25-5-3-2-4-21(23)25)15-30-26(32)27(33)31-19-8-11-24-18(14-19)12-13-28-24/h2-14,16,22,28-29H,15H2,1H3,(H,30,32)(H,31,33)/t22-/m0/s1. The van der Waals surface area contributed by atoms with Crippen LogP contribution in [-0.2, 0) is 9.59 Å². The third-order valence-corrected chi connectivity index (χ3v) is 6.00. The van der Waals surface area contributed by atoms with Crippen LogP contribution in [-0.4, -0.2) is 35.4 Å². The zero-order chi connectivity index (χ0) is 23.5. The molecular formula is C27H24N4O3. The minimum absolute atomic E-state index is 0.157. The van der Waals surface area contributed by atoms with Crippen LogP contribution >= 0.6 is 0 Å². The Morgan fingerprint density at radius 3 is 2.56 bits per heavy atom. The molecule has 0 spiro atoms. The molecule has 5 aromatic rings. The van der Waals surface area contributed by atoms with Crippen molar-refractivity contribution in [2.75, 3.05) is 19.0 Å². The Balaban J connectivity index is 1.35. The lowest BCUT2D eigenvalue weighted by molar-refractivity contribution is -0.136. The van der Waals surface area contributed by atoms with Gasteiger partial charge in [-0.25, -0.2) is 0 Å². The van der Waals surface area contributed by atoms with E-state index in [0.717, 1.165) is 38.7 Å². The summed E-state index contributed by atoms with van der Waals surface area (Å²) in [6, 6.07) is 23.1. The molecule has 0 unspecified atom stereocenters. The number of amides is 2. The summed E-state index contributed by atoms with van der Waals surface area (Å²) in [6.07, 6.45) is 3.78. The van der Waals surface area contributed by atoms with Gasteiger partial charge in [0.1, 0.15) is 5.75 Å². The zero-order valence-corrected chi connectivity index (χ0v) is 18.6. The molecule has 0 aliphatic rings. The predicted octanol–water partition coefficient (Wildman–Crippen LogP) is 4.54. The summed E-state index contributed by atoms with van der Waals surface area (Å²) in [6.45, 7) is 0.261. The van der Waals surface area contributed by atoms with Gasteiger partial charge in [0.2, 0.25) is 0 Å². The number of fused-ring (bicyclic) bond motifs is 2. The Morgan fingerprint density at radius 1 is 0.912 bits per heavy atom. The quantitative estimate of drug-likeness (QED) is 0.285. The number of hydrogen-bond acceptors (Lipinski definition) is 3. The molecule has 2 amide bonds. The van der Waals surface area contributed by atoms with Gasteiger partial charge in [-0.05, 0) is 53.6 Å². The van der Waals surface area contributed by atoms with Crippen LogP contribution in [0, 0.1) is 0 Å². The molecule has 170 valence electrons. The van der Waals surface area contributed by atoms with Gasteiger partial charge in [0, 0.05) is 52.3 Å². The molecule has 0 radical (unpaired) electrons. The monoisotopic (exact) mass is 452 g/mol. The van der Waals surface area contributed by atoms with Crippen LogP contribution < -0.4 is 15.4 Å². The third-order valence-electron chi connectivity index (χ3n) is 6.00. The highest BCUT2D eigenvalue weighted by molar-refractivity contribution is 6.39. The van der Waals surface area contributed by atoms with Crippen molar-refractivity contribution in [3.63, 3.8) is 0 Å². The van der Waals surface area contributed by atoms with E-state index in [2.05, 4.69) is 20.6 Å². The molecule has 7 heteroatoms. The van der Waals surface area contributed by atoms with Gasteiger partial charge in [-0.15, -0.1) is 0 Å². The van der Waals surface area contributed by atoms with Crippen LogP contribution in [0.4, 0.5) is 5.69 Å². The van der Waals surface area contributed by atoms with E-state index in [4.69, 9.17) is 4.74 Å². The molecule has 0 saturated carbocycles. The number of ether oxygens (including phenoxy) is 1. The molecule has 0 fully saturated rings. The first kappa shape index (κ1) is 21.3. The fourth-order valence-corrected chi connectivity index (χ4v) is 4.22. The Hall–Kier alpha value is -4.52. The first-order chi connectivity index (χ1) is 16.6. The van der Waals surface area contributed by atoms with Crippen molar-refractivity contribution in [3.05, 3.63) is 96.3 Å². The number of hydrogen-bond donors (Lipinski definition) is 4. The summed E-state index contributed by atoms with van der Waals surface area (Å²) in [5, 5.41) is 7.52. The van der Waals surface area contributed by atoms with E-state index in [9.17, 15) is 9.59 Å². The maximum absolute atomic E-state index is 12.7. The maximum Gasteiger partial charge on any atom is 0.313 e. The van der Waals surface area contributed by atoms with E-state index in [-0.39, 0.29) is 12.5 Å². The number of H-pyrrole nitrogens is 2. The number of methoxy groups -OCH3 is 1. The average molecular weight is 453 g/mol. The van der Waals surface area contributed by atoms with Crippen molar-refractivity contribution >= 4 is 39.3 Å². The Kier molecular flexibility index (Phi) is 5.74. The van der Waals surface area contributed by atoms with Gasteiger partial charge >= 0.3 is 11.8 Å². The number of rotatable bonds is 6. The average Bonchev–Trinajstić information content (AvgIpc) is 3.51. The largest absolute Gasteiger partial charge is 0.497 e. The maximum atomic E-state index is 12.7. The Bertz CT molecular complexity index is 1470. The number of carbonyl (C=O) groups is 2. The van der Waals surface area contributed by atoms with Gasteiger partial charge in [-0.1, -0.05) is 30.3 Å². The molecule has 0 aliphatic carbocycles. The fraction of sp³-hybridized carbons (Fsp3) is 0.111. The van der Waals surface area contributed by atoms with Crippen LogP contribution in [0.1, 0.15) is 17.0 Å². The number of carbonyl (C=O) groups excluding carboxylic acids is 2. The Labute approximate surface area is 196 Å². The second-order valence-electron chi connectivity index (χ2n) is 8.06. The zero-order valence-electron chi connectivity index (χ0n) is 18.6. The smallest absolute Gasteiger partial charge is 0.313 e. The third kappa shape index (κ3) is 4.23. The number of benzene rings is 3. The highest BCUT2D eigenvalue weighted by Crippen LogP contribution is 2.31. The van der Waals surface area contributed by atoms with Crippen LogP contribution in [0.3, 0.4) is 0 Å². The van der Waals surface area contributed by atoms with Gasteiger partial charge in [-0.2, -0.15) is 0 Å². The van der Waals surface area contributed by atoms with Crippen LogP contribution in [0.25, 0.3) is 21.8 Å². The Morgan fingerprint density at radius 2 is 1.74 bits per heavy atom. The summed E-state index contributed by atoms with van der Waals surface area (Å²) in [7, 11) is 1.62. The fourth-order valence-electron chi connectivity index (χ4n) is 4.22. The van der Waals surface area contributed by atoms with Crippen molar-refractivity contribution in [1.82, 2.24) is 15.3 Å². The molecule has 0 saturated heterocycles. The molecule has 5 rings (SSSR count). The number of aromatic nitrogens is 2. The van der Waals surface area contributed by atoms with E-state index < -0.39 is 11.8 Å². The molecule has 4 N–H and O–H groups in total. The summed E-state index contributed by atoms with van der Waals surface area (Å²) >= 11 is 0. The molecule has 1 atom stereocenters. The number of aromatic amines is 2. The molecule has 7 nitrogen and oxygen atoms in total. The minimum atomic E-state index is -0.706. The number of nitrogens with one attached hydrogen (secondary N) is 4. The van der Waals surface area contributed by atoms with Crippen molar-refractivity contribution in [3.8, 4) is 5.75 Å². The number of para-hydroxylation sites is 1. The first-order valence-corrected chi connectivity index (χ1v) is 11.0. The lowest BCUT2D eigenvalue weighted by Crippen LogP contribution is -2.37. The van der Waals surface area contributed by atoms with Crippen molar-refractivity contribution in [2.45, 2.75) is 5.92 Å². The van der Waals surface area contributed by atoms with E-state index in [1.54, 1.807) is 13.2 Å². The second-order valence-corrected chi connectivity index (χ2v) is 8.06. The minimum Gasteiger partial charge on any atom is -0.497 e. The molecule has 2 aromatic heterocycles. The van der Waals surface area contributed by atoms with Gasteiger partial charge < -0.3 is 25.3 Å². The molecular weight excluding hydrogens is 428 g/mol.